The van der Waals surface area contributed by atoms with Crippen LogP contribution in [0, 0.1) is 0 Å². The molecule has 47 heavy (non-hydrogen) atoms. The zero-order valence-corrected chi connectivity index (χ0v) is 25.3. The molecule has 4 N–H and O–H groups in total. The summed E-state index contributed by atoms with van der Waals surface area (Å²) >= 11 is 0. The molecule has 2 aliphatic rings. The van der Waals surface area contributed by atoms with Crippen LogP contribution in [0.4, 0.5) is 11.4 Å². The van der Waals surface area contributed by atoms with Crippen LogP contribution in [0.2, 0.25) is 0 Å². The summed E-state index contributed by atoms with van der Waals surface area (Å²) in [5, 5.41) is 0. The van der Waals surface area contributed by atoms with Crippen LogP contribution >= 0.6 is 0 Å². The van der Waals surface area contributed by atoms with Gasteiger partial charge in [0.25, 0.3) is 0 Å². The number of rotatable bonds is 6. The Kier molecular flexibility index (Phi) is 7.92. The van der Waals surface area contributed by atoms with Gasteiger partial charge in [-0.3, -0.25) is 0 Å². The number of fused-ring (bicyclic) bond motifs is 2. The van der Waals surface area contributed by atoms with Gasteiger partial charge in [0.15, 0.2) is 0 Å². The van der Waals surface area contributed by atoms with Crippen molar-refractivity contribution in [3.63, 3.8) is 0 Å². The summed E-state index contributed by atoms with van der Waals surface area (Å²) in [5.74, 6) is -0.651. The maximum absolute atomic E-state index is 11.8. The number of carbonyl (C=O) groups excluding carboxylic acids is 4. The lowest BCUT2D eigenvalue weighted by molar-refractivity contribution is 0.0425. The first-order valence-corrected chi connectivity index (χ1v) is 14.5. The fourth-order valence-corrected chi connectivity index (χ4v) is 5.07. The molecular formula is C37H28N2O8. The third-order valence-electron chi connectivity index (χ3n) is 7.79. The molecule has 0 atom stereocenters. The lowest BCUT2D eigenvalue weighted by Gasteiger charge is -2.26. The fraction of sp³-hybridized carbons (Fsp3) is 0.0811. The van der Waals surface area contributed by atoms with Gasteiger partial charge in [-0.1, -0.05) is 38.1 Å². The van der Waals surface area contributed by atoms with Crippen molar-refractivity contribution in [2.24, 2.45) is 0 Å². The van der Waals surface area contributed by atoms with Gasteiger partial charge in [0.1, 0.15) is 23.0 Å². The predicted octanol–water partition coefficient (Wildman–Crippen LogP) is 7.07. The minimum atomic E-state index is -0.678. The molecule has 0 amide bonds. The number of esters is 4. The Labute approximate surface area is 269 Å². The standard InChI is InChI=1S/C31H20O8.C6H8N2/c1-31(2,17-3-7-19(8-4-17)36-21-11-13-23-25(15-21)29(34)38-27(23)32)18-5-9-20(10-6-18)37-22-12-14-24-26(16-22)30(35)39-28(24)33;7-5-1-2-6(8)4-3-5/h3-16H,1-2H3;1-4H,7-8H2. The third kappa shape index (κ3) is 6.38. The third-order valence-corrected chi connectivity index (χ3v) is 7.79. The van der Waals surface area contributed by atoms with Crippen LogP contribution in [0.25, 0.3) is 0 Å². The monoisotopic (exact) mass is 628 g/mol. The van der Waals surface area contributed by atoms with Crippen molar-refractivity contribution in [3.8, 4) is 23.0 Å². The topological polar surface area (TPSA) is 157 Å². The van der Waals surface area contributed by atoms with E-state index >= 15 is 0 Å². The quantitative estimate of drug-likeness (QED) is 0.113. The molecule has 5 aromatic carbocycles. The molecule has 10 nitrogen and oxygen atoms in total. The maximum atomic E-state index is 11.8. The molecule has 0 saturated heterocycles. The Morgan fingerprint density at radius 1 is 0.447 bits per heavy atom. The van der Waals surface area contributed by atoms with Crippen LogP contribution in [0.5, 0.6) is 23.0 Å². The van der Waals surface area contributed by atoms with Crippen molar-refractivity contribution < 1.29 is 38.1 Å². The molecule has 234 valence electrons. The first-order chi connectivity index (χ1) is 22.5. The summed E-state index contributed by atoms with van der Waals surface area (Å²) in [4.78, 5) is 46.9. The van der Waals surface area contributed by atoms with Crippen molar-refractivity contribution in [2.75, 3.05) is 11.5 Å². The molecular weight excluding hydrogens is 600 g/mol. The number of hydrogen-bond acceptors (Lipinski definition) is 10. The molecule has 2 aliphatic heterocycles. The van der Waals surface area contributed by atoms with Gasteiger partial charge in [0.05, 0.1) is 22.3 Å². The number of cyclic esters (lactones) is 4. The van der Waals surface area contributed by atoms with E-state index in [1.807, 2.05) is 48.5 Å². The van der Waals surface area contributed by atoms with E-state index in [1.54, 1.807) is 36.4 Å². The molecule has 7 rings (SSSR count). The van der Waals surface area contributed by atoms with E-state index in [2.05, 4.69) is 23.3 Å². The molecule has 0 aliphatic carbocycles. The Bertz CT molecular complexity index is 1890. The normalized spacial score (nSPS) is 13.1. The number of benzene rings is 5. The molecule has 0 fully saturated rings. The molecule has 0 radical (unpaired) electrons. The second-order valence-electron chi connectivity index (χ2n) is 11.3. The van der Waals surface area contributed by atoms with Crippen molar-refractivity contribution in [1.82, 2.24) is 0 Å². The Morgan fingerprint density at radius 2 is 0.766 bits per heavy atom. The average Bonchev–Trinajstić information content (AvgIpc) is 3.51. The maximum Gasteiger partial charge on any atom is 0.347 e. The molecule has 0 unspecified atom stereocenters. The van der Waals surface area contributed by atoms with Crippen molar-refractivity contribution in [2.45, 2.75) is 19.3 Å². The minimum absolute atomic E-state index is 0.191. The van der Waals surface area contributed by atoms with Gasteiger partial charge < -0.3 is 30.4 Å². The predicted molar refractivity (Wildman–Crippen MR) is 173 cm³/mol. The molecule has 2 heterocycles. The van der Waals surface area contributed by atoms with E-state index in [-0.39, 0.29) is 27.7 Å². The smallest absolute Gasteiger partial charge is 0.347 e. The van der Waals surface area contributed by atoms with E-state index in [1.165, 1.54) is 24.3 Å². The van der Waals surface area contributed by atoms with Crippen LogP contribution in [0.1, 0.15) is 66.4 Å². The molecule has 0 spiro atoms. The zero-order chi connectivity index (χ0) is 33.3. The van der Waals surface area contributed by atoms with Crippen LogP contribution in [-0.2, 0) is 14.9 Å². The van der Waals surface area contributed by atoms with Gasteiger partial charge in [-0.05, 0) is 96.1 Å². The van der Waals surface area contributed by atoms with Crippen molar-refractivity contribution >= 4 is 35.3 Å². The summed E-state index contributed by atoms with van der Waals surface area (Å²) in [6.45, 7) is 4.20. The molecule has 0 bridgehead atoms. The van der Waals surface area contributed by atoms with E-state index in [0.29, 0.717) is 23.0 Å². The first-order valence-electron chi connectivity index (χ1n) is 14.5. The number of anilines is 2. The minimum Gasteiger partial charge on any atom is -0.457 e. The highest BCUT2D eigenvalue weighted by Gasteiger charge is 2.31. The fourth-order valence-electron chi connectivity index (χ4n) is 5.07. The van der Waals surface area contributed by atoms with Crippen LogP contribution in [0.3, 0.4) is 0 Å². The van der Waals surface area contributed by atoms with Crippen LogP contribution < -0.4 is 20.9 Å². The summed E-state index contributed by atoms with van der Waals surface area (Å²) in [6.07, 6.45) is 0. The van der Waals surface area contributed by atoms with E-state index in [4.69, 9.17) is 20.9 Å². The van der Waals surface area contributed by atoms with Gasteiger partial charge >= 0.3 is 23.9 Å². The molecule has 0 aromatic heterocycles. The van der Waals surface area contributed by atoms with E-state index in [9.17, 15) is 19.2 Å². The Balaban J connectivity index is 0.000000424. The number of nitrogens with two attached hydrogens (primary N) is 2. The van der Waals surface area contributed by atoms with Crippen molar-refractivity contribution in [3.05, 3.63) is 143 Å². The van der Waals surface area contributed by atoms with Gasteiger partial charge in [-0.25, -0.2) is 19.2 Å². The largest absolute Gasteiger partial charge is 0.457 e. The lowest BCUT2D eigenvalue weighted by atomic mass is 9.78. The first kappa shape index (κ1) is 30.6. The average molecular weight is 629 g/mol. The highest BCUT2D eigenvalue weighted by molar-refractivity contribution is 6.15. The Hall–Kier alpha value is -6.42. The van der Waals surface area contributed by atoms with E-state index in [0.717, 1.165) is 22.5 Å². The lowest BCUT2D eigenvalue weighted by Crippen LogP contribution is -2.18. The second-order valence-corrected chi connectivity index (χ2v) is 11.3. The SMILES string of the molecule is CC(C)(c1ccc(Oc2ccc3c(c2)C(=O)OC3=O)cc1)c1ccc(Oc2ccc3c(c2)C(=O)OC3=O)cc1.Nc1ccc(N)cc1. The van der Waals surface area contributed by atoms with Crippen LogP contribution in [-0.4, -0.2) is 23.9 Å². The number of nitrogen functional groups attached to an aromatic ring is 2. The van der Waals surface area contributed by atoms with Gasteiger partial charge in [-0.2, -0.15) is 0 Å². The molecule has 5 aromatic rings. The van der Waals surface area contributed by atoms with E-state index < -0.39 is 23.9 Å². The van der Waals surface area contributed by atoms with Crippen LogP contribution in [0.15, 0.2) is 109 Å². The van der Waals surface area contributed by atoms with Gasteiger partial charge in [-0.15, -0.1) is 0 Å². The summed E-state index contributed by atoms with van der Waals surface area (Å²) in [6, 6.07) is 31.6. The highest BCUT2D eigenvalue weighted by Crippen LogP contribution is 2.36. The summed E-state index contributed by atoms with van der Waals surface area (Å²) in [7, 11) is 0. The highest BCUT2D eigenvalue weighted by atomic mass is 16.6. The zero-order valence-electron chi connectivity index (χ0n) is 25.3. The number of hydrogen-bond donors (Lipinski definition) is 2. The summed E-state index contributed by atoms with van der Waals surface area (Å²) < 4.78 is 21.0. The van der Waals surface area contributed by atoms with Crippen molar-refractivity contribution in [1.29, 1.82) is 0 Å². The summed E-state index contributed by atoms with van der Waals surface area (Å²) in [5.41, 5.74) is 14.8. The Morgan fingerprint density at radius 3 is 1.13 bits per heavy atom. The second kappa shape index (κ2) is 12.2. The van der Waals surface area contributed by atoms with Gasteiger partial charge in [0, 0.05) is 16.8 Å². The number of carbonyl (C=O) groups is 4. The molecule has 0 saturated carbocycles. The molecule has 10 heteroatoms. The van der Waals surface area contributed by atoms with Gasteiger partial charge in [0.2, 0.25) is 0 Å². The number of ether oxygens (including phenoxy) is 4.